The summed E-state index contributed by atoms with van der Waals surface area (Å²) >= 11 is 0. The third-order valence-corrected chi connectivity index (χ3v) is 1.28. The van der Waals surface area contributed by atoms with Crippen LogP contribution in [0.4, 0.5) is 4.39 Å². The van der Waals surface area contributed by atoms with Crippen molar-refractivity contribution in [3.8, 4) is 0 Å². The number of hydrogen-bond acceptors (Lipinski definition) is 1. The number of amides is 1. The lowest BCUT2D eigenvalue weighted by Crippen LogP contribution is -2.14. The minimum atomic E-state index is -0.376. The first-order chi connectivity index (χ1) is 3.83. The summed E-state index contributed by atoms with van der Waals surface area (Å²) in [7, 11) is 0. The summed E-state index contributed by atoms with van der Waals surface area (Å²) in [6.07, 6.45) is 0.372. The van der Waals surface area contributed by atoms with Crippen LogP contribution in [0.2, 0.25) is 0 Å². The van der Waals surface area contributed by atoms with Crippen molar-refractivity contribution < 1.29 is 9.18 Å². The predicted molar refractivity (Wildman–Crippen MR) is 27.1 cm³/mol. The molecule has 0 aromatic rings. The Balaban J connectivity index is 2.32. The molecule has 0 aliphatic carbocycles. The first-order valence-electron chi connectivity index (χ1n) is 2.65. The van der Waals surface area contributed by atoms with Crippen LogP contribution in [0.5, 0.6) is 0 Å². The number of alkyl halides is 1. The lowest BCUT2D eigenvalue weighted by atomic mass is 10.1. The summed E-state index contributed by atoms with van der Waals surface area (Å²) in [5, 5.41) is 2.54. The molecule has 1 atom stereocenters. The van der Waals surface area contributed by atoms with E-state index in [4.69, 9.17) is 0 Å². The molecule has 1 saturated heterocycles. The Morgan fingerprint density at radius 2 is 2.62 bits per heavy atom. The lowest BCUT2D eigenvalue weighted by Gasteiger charge is -1.94. The van der Waals surface area contributed by atoms with Crippen LogP contribution in [0.15, 0.2) is 0 Å². The van der Waals surface area contributed by atoms with E-state index < -0.39 is 0 Å². The molecule has 46 valence electrons. The molecule has 0 bridgehead atoms. The van der Waals surface area contributed by atoms with Gasteiger partial charge in [-0.3, -0.25) is 9.18 Å². The molecule has 8 heavy (non-hydrogen) atoms. The molecule has 1 fully saturated rings. The molecular formula is C5H8FNO. The van der Waals surface area contributed by atoms with Gasteiger partial charge < -0.3 is 5.32 Å². The lowest BCUT2D eigenvalue weighted by molar-refractivity contribution is -0.119. The maximum absolute atomic E-state index is 11.7. The van der Waals surface area contributed by atoms with Crippen LogP contribution in [-0.4, -0.2) is 19.1 Å². The number of rotatable bonds is 1. The van der Waals surface area contributed by atoms with E-state index in [-0.39, 0.29) is 18.5 Å². The van der Waals surface area contributed by atoms with Crippen LogP contribution in [0.3, 0.4) is 0 Å². The largest absolute Gasteiger partial charge is 0.356 e. The second kappa shape index (κ2) is 2.11. The molecule has 1 unspecified atom stereocenters. The average molecular weight is 117 g/mol. The number of carbonyl (C=O) groups is 1. The van der Waals surface area contributed by atoms with E-state index in [1.54, 1.807) is 0 Å². The Kier molecular flexibility index (Phi) is 1.46. The number of nitrogens with one attached hydrogen (secondary N) is 1. The van der Waals surface area contributed by atoms with Gasteiger partial charge in [0.25, 0.3) is 0 Å². The van der Waals surface area contributed by atoms with Crippen LogP contribution >= 0.6 is 0 Å². The van der Waals surface area contributed by atoms with E-state index in [1.807, 2.05) is 0 Å². The van der Waals surface area contributed by atoms with Gasteiger partial charge in [0.2, 0.25) is 5.91 Å². The van der Waals surface area contributed by atoms with Crippen molar-refractivity contribution >= 4 is 5.91 Å². The fourth-order valence-corrected chi connectivity index (χ4v) is 0.774. The first-order valence-corrected chi connectivity index (χ1v) is 2.65. The molecule has 0 aromatic heterocycles. The van der Waals surface area contributed by atoms with Crippen molar-refractivity contribution in [2.75, 3.05) is 13.2 Å². The third kappa shape index (κ3) is 0.967. The Morgan fingerprint density at radius 1 is 1.88 bits per heavy atom. The molecule has 0 radical (unpaired) electrons. The highest BCUT2D eigenvalue weighted by molar-refractivity contribution is 5.78. The van der Waals surface area contributed by atoms with E-state index in [9.17, 15) is 9.18 Å². The molecule has 2 nitrogen and oxygen atoms in total. The molecule has 0 aromatic carbocycles. The number of hydrogen-bond donors (Lipinski definition) is 1. The smallest absolute Gasteiger partial charge is 0.220 e. The predicted octanol–water partition coefficient (Wildman–Crippen LogP) is 0.0920. The quantitative estimate of drug-likeness (QED) is 0.518. The maximum atomic E-state index is 11.7. The number of halogens is 1. The van der Waals surface area contributed by atoms with Gasteiger partial charge in [-0.15, -0.1) is 0 Å². The van der Waals surface area contributed by atoms with Gasteiger partial charge in [0.15, 0.2) is 0 Å². The van der Waals surface area contributed by atoms with Crippen LogP contribution in [0.25, 0.3) is 0 Å². The van der Waals surface area contributed by atoms with Crippen molar-refractivity contribution in [1.82, 2.24) is 5.32 Å². The Bertz CT molecular complexity index is 105. The highest BCUT2D eigenvalue weighted by Gasteiger charge is 2.20. The van der Waals surface area contributed by atoms with Gasteiger partial charge in [-0.1, -0.05) is 0 Å². The molecule has 3 heteroatoms. The molecule has 0 spiro atoms. The van der Waals surface area contributed by atoms with E-state index in [0.29, 0.717) is 13.0 Å². The van der Waals surface area contributed by atoms with Gasteiger partial charge in [-0.2, -0.15) is 0 Å². The van der Waals surface area contributed by atoms with Crippen LogP contribution in [0.1, 0.15) is 6.42 Å². The topological polar surface area (TPSA) is 29.1 Å². The monoisotopic (exact) mass is 117 g/mol. The van der Waals surface area contributed by atoms with Crippen molar-refractivity contribution in [3.63, 3.8) is 0 Å². The fraction of sp³-hybridized carbons (Fsp3) is 0.800. The zero-order valence-corrected chi connectivity index (χ0v) is 4.48. The molecule has 1 N–H and O–H groups in total. The first kappa shape index (κ1) is 5.54. The van der Waals surface area contributed by atoms with Crippen LogP contribution < -0.4 is 5.32 Å². The zero-order valence-electron chi connectivity index (χ0n) is 4.48. The summed E-state index contributed by atoms with van der Waals surface area (Å²) in [6.45, 7) is 0.147. The van der Waals surface area contributed by atoms with Gasteiger partial charge >= 0.3 is 0 Å². The molecule has 0 saturated carbocycles. The molecule has 1 rings (SSSR count). The SMILES string of the molecule is O=C1CC(CF)CN1. The molecule has 1 amide bonds. The Morgan fingerprint density at radius 3 is 2.88 bits per heavy atom. The standard InChI is InChI=1S/C5H8FNO/c6-2-4-1-5(8)7-3-4/h4H,1-3H2,(H,7,8). The number of carbonyl (C=O) groups excluding carboxylic acids is 1. The van der Waals surface area contributed by atoms with E-state index in [0.717, 1.165) is 0 Å². The van der Waals surface area contributed by atoms with Crippen molar-refractivity contribution in [2.45, 2.75) is 6.42 Å². The van der Waals surface area contributed by atoms with Gasteiger partial charge in [0.05, 0.1) is 6.67 Å². The van der Waals surface area contributed by atoms with Crippen molar-refractivity contribution in [3.05, 3.63) is 0 Å². The summed E-state index contributed by atoms with van der Waals surface area (Å²) < 4.78 is 11.7. The molecule has 1 aliphatic heterocycles. The zero-order chi connectivity index (χ0) is 5.98. The van der Waals surface area contributed by atoms with Crippen molar-refractivity contribution in [2.24, 2.45) is 5.92 Å². The molecular weight excluding hydrogens is 109 g/mol. The highest BCUT2D eigenvalue weighted by atomic mass is 19.1. The maximum Gasteiger partial charge on any atom is 0.220 e. The van der Waals surface area contributed by atoms with Gasteiger partial charge in [-0.05, 0) is 0 Å². The second-order valence-electron chi connectivity index (χ2n) is 2.03. The summed E-state index contributed by atoms with van der Waals surface area (Å²) in [4.78, 5) is 10.3. The van der Waals surface area contributed by atoms with Gasteiger partial charge in [0.1, 0.15) is 0 Å². The van der Waals surface area contributed by atoms with Crippen LogP contribution in [-0.2, 0) is 4.79 Å². The van der Waals surface area contributed by atoms with E-state index in [1.165, 1.54) is 0 Å². The second-order valence-corrected chi connectivity index (χ2v) is 2.03. The molecule has 1 heterocycles. The minimum absolute atomic E-state index is 0.0207. The minimum Gasteiger partial charge on any atom is -0.356 e. The summed E-state index contributed by atoms with van der Waals surface area (Å²) in [5.41, 5.74) is 0. The normalized spacial score (nSPS) is 28.1. The fourth-order valence-electron chi connectivity index (χ4n) is 0.774. The highest BCUT2D eigenvalue weighted by Crippen LogP contribution is 2.07. The third-order valence-electron chi connectivity index (χ3n) is 1.28. The van der Waals surface area contributed by atoms with E-state index in [2.05, 4.69) is 5.32 Å². The van der Waals surface area contributed by atoms with E-state index >= 15 is 0 Å². The summed E-state index contributed by atoms with van der Waals surface area (Å²) in [6, 6.07) is 0. The van der Waals surface area contributed by atoms with Gasteiger partial charge in [0, 0.05) is 18.9 Å². The van der Waals surface area contributed by atoms with Crippen molar-refractivity contribution in [1.29, 1.82) is 0 Å². The molecule has 1 aliphatic rings. The summed E-state index contributed by atoms with van der Waals surface area (Å²) in [5.74, 6) is -0.0739. The Hall–Kier alpha value is -0.600. The Labute approximate surface area is 47.1 Å². The average Bonchev–Trinajstić information content (AvgIpc) is 2.14. The van der Waals surface area contributed by atoms with Crippen LogP contribution in [0, 0.1) is 5.92 Å². The van der Waals surface area contributed by atoms with Gasteiger partial charge in [-0.25, -0.2) is 0 Å².